The number of nitrogens with zero attached hydrogens (tertiary/aromatic N) is 3. The molecule has 0 saturated carbocycles. The monoisotopic (exact) mass is 486 g/mol. The topological polar surface area (TPSA) is 51.0 Å². The Labute approximate surface area is 173 Å². The lowest BCUT2D eigenvalue weighted by Gasteiger charge is -2.22. The maximum absolute atomic E-state index is 6.02. The van der Waals surface area contributed by atoms with Crippen LogP contribution in [0.4, 0.5) is 0 Å². The first-order valence-corrected chi connectivity index (χ1v) is 8.84. The number of hydrogen-bond acceptors (Lipinski definition) is 3. The van der Waals surface area contributed by atoms with Crippen LogP contribution in [0.25, 0.3) is 0 Å². The molecule has 0 bridgehead atoms. The van der Waals surface area contributed by atoms with Crippen LogP contribution in [0, 0.1) is 0 Å². The molecule has 0 spiro atoms. The van der Waals surface area contributed by atoms with Gasteiger partial charge in [0.1, 0.15) is 0 Å². The minimum atomic E-state index is 0. The maximum Gasteiger partial charge on any atom is 0.193 e. The molecule has 25 heavy (non-hydrogen) atoms. The number of hydrogen-bond donors (Lipinski definition) is 1. The number of aryl methyl sites for hydroxylation is 1. The van der Waals surface area contributed by atoms with Crippen molar-refractivity contribution in [3.63, 3.8) is 0 Å². The predicted octanol–water partition coefficient (Wildman–Crippen LogP) is 3.14. The van der Waals surface area contributed by atoms with Crippen molar-refractivity contribution >= 4 is 41.5 Å². The summed E-state index contributed by atoms with van der Waals surface area (Å²) in [6, 6.07) is 1.97. The molecule has 0 aliphatic rings. The zero-order valence-corrected chi connectivity index (χ0v) is 18.8. The van der Waals surface area contributed by atoms with E-state index >= 15 is 0 Å². The number of aromatic nitrogens is 1. The lowest BCUT2D eigenvalue weighted by molar-refractivity contribution is 0.0486. The van der Waals surface area contributed by atoms with E-state index in [-0.39, 0.29) is 24.0 Å². The summed E-state index contributed by atoms with van der Waals surface area (Å²) >= 11 is 6.02. The van der Waals surface area contributed by atoms with Crippen LogP contribution in [-0.4, -0.2) is 62.5 Å². The van der Waals surface area contributed by atoms with Gasteiger partial charge in [-0.25, -0.2) is 0 Å². The van der Waals surface area contributed by atoms with E-state index in [0.29, 0.717) is 26.4 Å². The van der Waals surface area contributed by atoms with Crippen LogP contribution >= 0.6 is 35.6 Å². The van der Waals surface area contributed by atoms with Crippen molar-refractivity contribution < 1.29 is 9.47 Å². The molecule has 6 nitrogen and oxygen atoms in total. The summed E-state index contributed by atoms with van der Waals surface area (Å²) in [7, 11) is 5.76. The third-order valence-corrected chi connectivity index (χ3v) is 3.80. The van der Waals surface area contributed by atoms with E-state index in [1.54, 1.807) is 7.05 Å². The summed E-state index contributed by atoms with van der Waals surface area (Å²) in [6.45, 7) is 6.32. The quantitative estimate of drug-likeness (QED) is 0.226. The highest BCUT2D eigenvalue weighted by atomic mass is 127. The lowest BCUT2D eigenvalue weighted by atomic mass is 10.4. The molecule has 1 N–H and O–H groups in total. The second-order valence-electron chi connectivity index (χ2n) is 5.67. The van der Waals surface area contributed by atoms with Gasteiger partial charge in [0.05, 0.1) is 31.4 Å². The Hall–Kier alpha value is -0.510. The van der Waals surface area contributed by atoms with E-state index in [4.69, 9.17) is 21.1 Å². The van der Waals surface area contributed by atoms with Gasteiger partial charge in [-0.05, 0) is 12.5 Å². The van der Waals surface area contributed by atoms with Crippen molar-refractivity contribution in [1.82, 2.24) is 14.8 Å². The Morgan fingerprint density at radius 1 is 1.28 bits per heavy atom. The number of ether oxygens (including phenoxy) is 2. The first-order valence-electron chi connectivity index (χ1n) is 8.46. The molecule has 0 atom stereocenters. The SMILES string of the molecule is CCCCOCCOCCNC(=NC)N(C)Cc1cc(Cl)cn1C.I. The smallest absolute Gasteiger partial charge is 0.193 e. The summed E-state index contributed by atoms with van der Waals surface area (Å²) in [5, 5.41) is 4.04. The fourth-order valence-corrected chi connectivity index (χ4v) is 2.50. The lowest BCUT2D eigenvalue weighted by Crippen LogP contribution is -2.40. The molecule has 0 radical (unpaired) electrons. The van der Waals surface area contributed by atoms with E-state index in [0.717, 1.165) is 42.7 Å². The molecule has 1 aromatic rings. The van der Waals surface area contributed by atoms with Gasteiger partial charge in [0.15, 0.2) is 5.96 Å². The first-order chi connectivity index (χ1) is 11.6. The largest absolute Gasteiger partial charge is 0.379 e. The molecule has 0 unspecified atom stereocenters. The molecule has 0 aliphatic heterocycles. The molecule has 1 rings (SSSR count). The number of halogens is 2. The molecule has 0 aromatic carbocycles. The highest BCUT2D eigenvalue weighted by Crippen LogP contribution is 2.14. The summed E-state index contributed by atoms with van der Waals surface area (Å²) in [6.07, 6.45) is 4.17. The number of nitrogens with one attached hydrogen (secondary N) is 1. The van der Waals surface area contributed by atoms with E-state index < -0.39 is 0 Å². The molecule has 1 heterocycles. The highest BCUT2D eigenvalue weighted by Gasteiger charge is 2.09. The van der Waals surface area contributed by atoms with Crippen molar-refractivity contribution in [2.24, 2.45) is 12.0 Å². The maximum atomic E-state index is 6.02. The second-order valence-corrected chi connectivity index (χ2v) is 6.11. The number of aliphatic imine (C=N–C) groups is 1. The second kappa shape index (κ2) is 14.6. The van der Waals surface area contributed by atoms with Crippen LogP contribution in [0.2, 0.25) is 5.02 Å². The van der Waals surface area contributed by atoms with E-state index in [1.807, 2.05) is 30.9 Å². The molecular formula is C17H32ClIN4O2. The summed E-state index contributed by atoms with van der Waals surface area (Å²) < 4.78 is 13.0. The molecular weight excluding hydrogens is 455 g/mol. The fourth-order valence-electron chi connectivity index (χ4n) is 2.23. The zero-order chi connectivity index (χ0) is 17.8. The minimum Gasteiger partial charge on any atom is -0.379 e. The highest BCUT2D eigenvalue weighted by molar-refractivity contribution is 14.0. The third kappa shape index (κ3) is 10.3. The average Bonchev–Trinajstić information content (AvgIpc) is 2.86. The van der Waals surface area contributed by atoms with Gasteiger partial charge in [0.2, 0.25) is 0 Å². The molecule has 0 saturated heterocycles. The van der Waals surface area contributed by atoms with Crippen LogP contribution in [0.15, 0.2) is 17.3 Å². The minimum absolute atomic E-state index is 0. The normalized spacial score (nSPS) is 11.3. The number of guanidine groups is 1. The van der Waals surface area contributed by atoms with Crippen LogP contribution in [0.1, 0.15) is 25.5 Å². The van der Waals surface area contributed by atoms with Crippen molar-refractivity contribution in [1.29, 1.82) is 0 Å². The summed E-state index contributed by atoms with van der Waals surface area (Å²) in [5.41, 5.74) is 1.13. The van der Waals surface area contributed by atoms with Gasteiger partial charge in [-0.3, -0.25) is 4.99 Å². The van der Waals surface area contributed by atoms with E-state index in [9.17, 15) is 0 Å². The van der Waals surface area contributed by atoms with Crippen molar-refractivity contribution in [2.75, 3.05) is 47.1 Å². The Balaban J connectivity index is 0.00000576. The first kappa shape index (κ1) is 24.5. The van der Waals surface area contributed by atoms with Gasteiger partial charge in [-0.1, -0.05) is 24.9 Å². The zero-order valence-electron chi connectivity index (χ0n) is 15.8. The van der Waals surface area contributed by atoms with Gasteiger partial charge >= 0.3 is 0 Å². The Morgan fingerprint density at radius 3 is 2.52 bits per heavy atom. The van der Waals surface area contributed by atoms with Crippen LogP contribution in [-0.2, 0) is 23.1 Å². The number of rotatable bonds is 11. The molecule has 0 fully saturated rings. The summed E-state index contributed by atoms with van der Waals surface area (Å²) in [5.74, 6) is 0.829. The Morgan fingerprint density at radius 2 is 1.96 bits per heavy atom. The van der Waals surface area contributed by atoms with Gasteiger partial charge in [-0.15, -0.1) is 24.0 Å². The van der Waals surface area contributed by atoms with Crippen LogP contribution < -0.4 is 5.32 Å². The molecule has 146 valence electrons. The summed E-state index contributed by atoms with van der Waals surface area (Å²) in [4.78, 5) is 6.35. The van der Waals surface area contributed by atoms with Gasteiger partial charge in [0, 0.05) is 46.2 Å². The standard InChI is InChI=1S/C17H31ClN4O2.HI/c1-5-6-8-23-10-11-24-9-7-20-17(19-2)22(4)14-16-12-15(18)13-21(16)3;/h12-13H,5-11,14H2,1-4H3,(H,19,20);1H. The van der Waals surface area contributed by atoms with Crippen molar-refractivity contribution in [2.45, 2.75) is 26.3 Å². The van der Waals surface area contributed by atoms with Gasteiger partial charge < -0.3 is 24.3 Å². The van der Waals surface area contributed by atoms with Crippen LogP contribution in [0.5, 0.6) is 0 Å². The molecule has 0 aliphatic carbocycles. The van der Waals surface area contributed by atoms with Gasteiger partial charge in [0.25, 0.3) is 0 Å². The van der Waals surface area contributed by atoms with Crippen molar-refractivity contribution in [3.05, 3.63) is 23.0 Å². The van der Waals surface area contributed by atoms with Crippen molar-refractivity contribution in [3.8, 4) is 0 Å². The molecule has 0 amide bonds. The fraction of sp³-hybridized carbons (Fsp3) is 0.706. The predicted molar refractivity (Wildman–Crippen MR) is 115 cm³/mol. The van der Waals surface area contributed by atoms with Gasteiger partial charge in [-0.2, -0.15) is 0 Å². The Bertz CT molecular complexity index is 497. The molecule has 1 aromatic heterocycles. The van der Waals surface area contributed by atoms with E-state index in [1.165, 1.54) is 0 Å². The third-order valence-electron chi connectivity index (χ3n) is 3.59. The molecule has 8 heteroatoms. The Kier molecular flexibility index (Phi) is 14.3. The van der Waals surface area contributed by atoms with Crippen LogP contribution in [0.3, 0.4) is 0 Å². The average molecular weight is 487 g/mol. The van der Waals surface area contributed by atoms with E-state index in [2.05, 4.69) is 22.1 Å². The number of unbranched alkanes of at least 4 members (excludes halogenated alkanes) is 1.